The lowest BCUT2D eigenvalue weighted by Crippen LogP contribution is -2.32. The highest BCUT2D eigenvalue weighted by Gasteiger charge is 2.36. The monoisotopic (exact) mass is 1670 g/mol. The number of hydrogen-bond donors (Lipinski definition) is 2. The summed E-state index contributed by atoms with van der Waals surface area (Å²) in [4.78, 5) is 24.3. The second-order valence-corrected chi connectivity index (χ2v) is 38.0. The van der Waals surface area contributed by atoms with E-state index in [4.69, 9.17) is 0 Å². The Morgan fingerprint density at radius 1 is 0.339 bits per heavy atom. The van der Waals surface area contributed by atoms with Crippen molar-refractivity contribution >= 4 is 11.6 Å². The number of aliphatic hydroxyl groups excluding tert-OH is 2. The Balaban J connectivity index is 0.000000630. The van der Waals surface area contributed by atoms with Crippen molar-refractivity contribution in [3.05, 3.63) is 414 Å². The van der Waals surface area contributed by atoms with Crippen LogP contribution in [0.1, 0.15) is 278 Å². The summed E-state index contributed by atoms with van der Waals surface area (Å²) < 4.78 is 0. The van der Waals surface area contributed by atoms with Crippen molar-refractivity contribution in [2.75, 3.05) is 0 Å². The van der Waals surface area contributed by atoms with E-state index in [0.29, 0.717) is 18.8 Å². The van der Waals surface area contributed by atoms with Crippen molar-refractivity contribution in [2.45, 2.75) is 291 Å². The van der Waals surface area contributed by atoms with Gasteiger partial charge in [0, 0.05) is 18.8 Å². The van der Waals surface area contributed by atoms with Crippen LogP contribution in [0.5, 0.6) is 0 Å². The number of Topliss-reactive ketones (excluding diaryl/α,β-unsaturated/α-hetero) is 2. The second kappa shape index (κ2) is 58.4. The summed E-state index contributed by atoms with van der Waals surface area (Å²) in [5.74, 6) is 0.890. The number of allylic oxidation sites excluding steroid dienone is 68. The molecule has 0 aromatic rings. The fraction of sp³-hybridized carbons (Fsp3) is 0.400. The minimum absolute atomic E-state index is 0.00528. The molecule has 4 rings (SSSR count). The van der Waals surface area contributed by atoms with Crippen LogP contribution in [0.15, 0.2) is 414 Å². The molecule has 0 bridgehead atoms. The molecule has 4 aliphatic rings. The van der Waals surface area contributed by atoms with E-state index in [-0.39, 0.29) is 45.4 Å². The van der Waals surface area contributed by atoms with Gasteiger partial charge in [0.05, 0.1) is 12.2 Å². The van der Waals surface area contributed by atoms with Gasteiger partial charge in [-0.1, -0.05) is 441 Å². The maximum absolute atomic E-state index is 12.2. The maximum atomic E-state index is 12.2. The summed E-state index contributed by atoms with van der Waals surface area (Å²) in [7, 11) is 0. The Bertz CT molecular complexity index is 4550. The average Bonchev–Trinajstić information content (AvgIpc) is 0.829. The molecule has 0 amide bonds. The van der Waals surface area contributed by atoms with Crippen molar-refractivity contribution in [1.82, 2.24) is 0 Å². The van der Waals surface area contributed by atoms with Crippen molar-refractivity contribution in [1.29, 1.82) is 0 Å². The standard InChI is InChI=1S/C40H56O2.C40H52O2.C40H56/c1-29(17-13-19-31(3)21-23-37-33(5)25-35(41)27-39(37,7)8)15-11-12-16-30(2)18-14-20-32(4)22-24-38-34(6)26-36(42)28-40(38,9)10;1-29(17-13-19-31(3)21-23-35-33(5)37(41)25-27-39(35,7)8)15-11-12-16-30(2)18-14-20-32(4)22-24-36-34(6)38(42)26-28-40(36,9)10;1-33(2)19-13-23-37(7)27-17-31-39(9)29-15-25-35(5)21-11-12-22-36(6)26-16-30-40(10)32-18-28-38(8)24-14-20-34(3)4/h11-25,35-37,41-42H,26-28H2,1-10H3;11-24H,25-28H2,1-10H3;11-12,15-22,25-32H,13-14,23-24H2,1-10H3/b2*12-11+,17-13+,18-14+,23-21+,24-22+,29-15+,30-16+,31-19+,32-20+;12-11+,25-15+,26-16+,31-17+,32-18+,35-21+,36-22+,37-27+,38-28+,39-29+,40-30+/t35-,36+,37-;;/m0../s1. The Labute approximate surface area is 758 Å². The zero-order valence-electron chi connectivity index (χ0n) is 82.9. The van der Waals surface area contributed by atoms with Crippen LogP contribution in [0.3, 0.4) is 0 Å². The van der Waals surface area contributed by atoms with Crippen LogP contribution >= 0.6 is 0 Å². The Morgan fingerprint density at radius 2 is 0.605 bits per heavy atom. The molecule has 0 saturated heterocycles. The molecule has 2 N–H and O–H groups in total. The summed E-state index contributed by atoms with van der Waals surface area (Å²) >= 11 is 0. The average molecular weight is 1670 g/mol. The predicted molar refractivity (Wildman–Crippen MR) is 552 cm³/mol. The molecule has 668 valence electrons. The van der Waals surface area contributed by atoms with Gasteiger partial charge in [0.25, 0.3) is 0 Å². The van der Waals surface area contributed by atoms with E-state index in [0.717, 1.165) is 102 Å². The first-order valence-corrected chi connectivity index (χ1v) is 45.3. The van der Waals surface area contributed by atoms with Crippen molar-refractivity contribution in [3.63, 3.8) is 0 Å². The normalized spacial score (nSPS) is 21.2. The number of carbonyl (C=O) groups excluding carboxylic acids is 2. The first-order chi connectivity index (χ1) is 58.2. The van der Waals surface area contributed by atoms with Gasteiger partial charge in [-0.2, -0.15) is 0 Å². The van der Waals surface area contributed by atoms with Gasteiger partial charge >= 0.3 is 0 Å². The topological polar surface area (TPSA) is 74.6 Å². The molecule has 4 nitrogen and oxygen atoms in total. The summed E-state index contributed by atoms with van der Waals surface area (Å²) in [5, 5.41) is 20.2. The lowest BCUT2D eigenvalue weighted by Gasteiger charge is -2.38. The van der Waals surface area contributed by atoms with E-state index < -0.39 is 0 Å². The van der Waals surface area contributed by atoms with Crippen LogP contribution in [-0.4, -0.2) is 34.0 Å². The van der Waals surface area contributed by atoms with Gasteiger partial charge in [0.2, 0.25) is 0 Å². The van der Waals surface area contributed by atoms with E-state index in [1.807, 2.05) is 19.9 Å². The number of rotatable bonds is 36. The zero-order valence-corrected chi connectivity index (χ0v) is 82.9. The fourth-order valence-corrected chi connectivity index (χ4v) is 14.8. The molecule has 0 aliphatic heterocycles. The first-order valence-electron chi connectivity index (χ1n) is 45.3. The summed E-state index contributed by atoms with van der Waals surface area (Å²) in [6.45, 7) is 64.3. The van der Waals surface area contributed by atoms with Gasteiger partial charge in [-0.3, -0.25) is 9.59 Å². The largest absolute Gasteiger partial charge is 0.393 e. The molecule has 0 heterocycles. The lowest BCUT2D eigenvalue weighted by atomic mass is 9.67. The summed E-state index contributed by atoms with van der Waals surface area (Å²) in [6, 6.07) is 0. The molecule has 124 heavy (non-hydrogen) atoms. The number of ketones is 2. The summed E-state index contributed by atoms with van der Waals surface area (Å²) in [5.41, 5.74) is 28.1. The van der Waals surface area contributed by atoms with Crippen LogP contribution in [0.4, 0.5) is 0 Å². The molecule has 4 heteroatoms. The third kappa shape index (κ3) is 48.4. The Morgan fingerprint density at radius 3 is 0.887 bits per heavy atom. The van der Waals surface area contributed by atoms with Gasteiger partial charge in [-0.05, 0) is 260 Å². The second-order valence-electron chi connectivity index (χ2n) is 38.0. The van der Waals surface area contributed by atoms with Gasteiger partial charge in [0.1, 0.15) is 0 Å². The minimum Gasteiger partial charge on any atom is -0.393 e. The molecule has 0 saturated carbocycles. The van der Waals surface area contributed by atoms with E-state index >= 15 is 0 Å². The number of carbonyl (C=O) groups is 2. The van der Waals surface area contributed by atoms with Gasteiger partial charge < -0.3 is 10.2 Å². The first kappa shape index (κ1) is 110. The number of aliphatic hydroxyl groups is 2. The van der Waals surface area contributed by atoms with E-state index in [1.54, 1.807) is 0 Å². The summed E-state index contributed by atoms with van der Waals surface area (Å²) in [6.07, 6.45) is 109. The fourth-order valence-electron chi connectivity index (χ4n) is 14.8. The Kier molecular flexibility index (Phi) is 51.9. The molecule has 0 spiro atoms. The van der Waals surface area contributed by atoms with E-state index in [1.165, 1.54) is 83.6 Å². The van der Waals surface area contributed by atoms with Crippen LogP contribution in [-0.2, 0) is 9.59 Å². The van der Waals surface area contributed by atoms with Crippen LogP contribution in [0.25, 0.3) is 0 Å². The molecule has 3 atom stereocenters. The molecule has 0 aromatic heterocycles. The smallest absolute Gasteiger partial charge is 0.158 e. The minimum atomic E-state index is -0.331. The maximum Gasteiger partial charge on any atom is 0.158 e. The van der Waals surface area contributed by atoms with Gasteiger partial charge in [0.15, 0.2) is 11.6 Å². The molecule has 0 unspecified atom stereocenters. The molecule has 4 aliphatic carbocycles. The molecular formula is C120H164O4. The van der Waals surface area contributed by atoms with Crippen LogP contribution in [0.2, 0.25) is 0 Å². The van der Waals surface area contributed by atoms with Crippen molar-refractivity contribution in [3.8, 4) is 0 Å². The Hall–Kier alpha value is -9.84. The van der Waals surface area contributed by atoms with Crippen LogP contribution < -0.4 is 0 Å². The van der Waals surface area contributed by atoms with E-state index in [2.05, 4.69) is 473 Å². The number of hydrogen-bond acceptors (Lipinski definition) is 4. The van der Waals surface area contributed by atoms with Gasteiger partial charge in [-0.25, -0.2) is 0 Å². The molecule has 0 fully saturated rings. The van der Waals surface area contributed by atoms with E-state index in [9.17, 15) is 19.8 Å². The van der Waals surface area contributed by atoms with Crippen molar-refractivity contribution in [2.24, 2.45) is 27.6 Å². The quantitative estimate of drug-likeness (QED) is 0.0484. The highest BCUT2D eigenvalue weighted by atomic mass is 16.3. The predicted octanol–water partition coefficient (Wildman–Crippen LogP) is 34.3. The SMILES string of the molecule is CC(C)=CCC/C(C)=C/C=C/C(C)=C/C=C/C(C)=C/C=C/C=C(C)/C=C/C=C(C)/C=C/C=C(\C)CCC=C(C)C.CC1=C(/C=C/C(C)=C/C=C/C(C)=C/C=C/C=C(C)/C=C/C=C(C)/C=C/C2=C(C)C(=O)CCC2(C)C)C(C)(C)CCC1=O.CC1=C[C@H](O)CC(C)(C)[C@H]1/C=C/C(C)=C/C=C/C(C)=C/C=C/C=C(C)/C=C/C=C(C)/C=C/C1=C(C)C[C@@H](O)CC1(C)C. The zero-order chi connectivity index (χ0) is 93.2. The van der Waals surface area contributed by atoms with Gasteiger partial charge in [-0.15, -0.1) is 0 Å². The molecule has 0 aromatic carbocycles. The third-order valence-electron chi connectivity index (χ3n) is 22.6. The molecule has 0 radical (unpaired) electrons. The van der Waals surface area contributed by atoms with Crippen molar-refractivity contribution < 1.29 is 19.8 Å². The lowest BCUT2D eigenvalue weighted by molar-refractivity contribution is -0.117. The molecular weight excluding hydrogens is 1510 g/mol. The highest BCUT2D eigenvalue weighted by molar-refractivity contribution is 5.98. The van der Waals surface area contributed by atoms with Crippen LogP contribution in [0, 0.1) is 27.6 Å². The highest BCUT2D eigenvalue weighted by Crippen LogP contribution is 2.44. The third-order valence-corrected chi connectivity index (χ3v) is 22.6.